The molecule has 1 fully saturated rings. The number of nitrogens with zero attached hydrogens (tertiary/aromatic N) is 1. The third-order valence-corrected chi connectivity index (χ3v) is 5.60. The molecule has 0 spiro atoms. The van der Waals surface area contributed by atoms with Crippen LogP contribution in [0.15, 0.2) is 59.8 Å². The molecule has 1 saturated carbocycles. The molecule has 2 aliphatic rings. The quantitative estimate of drug-likeness (QED) is 0.537. The fourth-order valence-corrected chi connectivity index (χ4v) is 3.99. The van der Waals surface area contributed by atoms with E-state index in [1.54, 1.807) is 17.6 Å². The summed E-state index contributed by atoms with van der Waals surface area (Å²) in [5.74, 6) is -1.08. The predicted octanol–water partition coefficient (Wildman–Crippen LogP) is 2.96. The Morgan fingerprint density at radius 1 is 1.03 bits per heavy atom. The van der Waals surface area contributed by atoms with E-state index in [1.165, 1.54) is 0 Å². The maximum atomic E-state index is 12.6. The van der Waals surface area contributed by atoms with Gasteiger partial charge in [-0.25, -0.2) is 5.48 Å². The Morgan fingerprint density at radius 3 is 2.52 bits per heavy atom. The smallest absolute Gasteiger partial charge is 0.251 e. The third kappa shape index (κ3) is 4.14. The van der Waals surface area contributed by atoms with Crippen molar-refractivity contribution in [3.8, 4) is 0 Å². The van der Waals surface area contributed by atoms with E-state index in [1.807, 2.05) is 42.5 Å². The maximum Gasteiger partial charge on any atom is 0.251 e. The van der Waals surface area contributed by atoms with Gasteiger partial charge in [0, 0.05) is 18.0 Å². The second-order valence-corrected chi connectivity index (χ2v) is 7.42. The first-order valence-corrected chi connectivity index (χ1v) is 9.78. The van der Waals surface area contributed by atoms with Gasteiger partial charge < -0.3 is 10.2 Å². The fourth-order valence-electron chi connectivity index (χ4n) is 3.99. The first kappa shape index (κ1) is 19.1. The van der Waals surface area contributed by atoms with Crippen LogP contribution in [-0.2, 0) is 9.63 Å². The molecule has 1 aliphatic heterocycles. The Labute approximate surface area is 168 Å². The second-order valence-electron chi connectivity index (χ2n) is 7.42. The highest BCUT2D eigenvalue weighted by atomic mass is 16.6. The molecule has 7 nitrogen and oxygen atoms in total. The molecule has 150 valence electrons. The minimum Gasteiger partial charge on any atom is -0.387 e. The number of amides is 2. The molecular formula is C22H23N3O4. The number of carbonyl (C=O) groups excluding carboxylic acids is 2. The lowest BCUT2D eigenvalue weighted by Crippen LogP contribution is -2.43. The number of hydrogen-bond donors (Lipinski definition) is 3. The van der Waals surface area contributed by atoms with Crippen LogP contribution in [0.2, 0.25) is 0 Å². The lowest BCUT2D eigenvalue weighted by atomic mass is 9.99. The van der Waals surface area contributed by atoms with E-state index in [9.17, 15) is 9.59 Å². The van der Waals surface area contributed by atoms with Crippen LogP contribution >= 0.6 is 0 Å². The molecule has 4 rings (SSSR count). The predicted molar refractivity (Wildman–Crippen MR) is 106 cm³/mol. The zero-order valence-corrected chi connectivity index (χ0v) is 15.9. The maximum absolute atomic E-state index is 12.6. The van der Waals surface area contributed by atoms with Gasteiger partial charge in [0.25, 0.3) is 5.91 Å². The van der Waals surface area contributed by atoms with Crippen LogP contribution in [0, 0.1) is 5.92 Å². The Kier molecular flexibility index (Phi) is 5.57. The highest BCUT2D eigenvalue weighted by molar-refractivity contribution is 6.01. The van der Waals surface area contributed by atoms with E-state index >= 15 is 0 Å². The largest absolute Gasteiger partial charge is 0.387 e. The molecule has 1 aliphatic carbocycles. The summed E-state index contributed by atoms with van der Waals surface area (Å²) in [4.78, 5) is 29.9. The third-order valence-electron chi connectivity index (χ3n) is 5.60. The van der Waals surface area contributed by atoms with Crippen LogP contribution in [0.5, 0.6) is 0 Å². The number of benzene rings is 2. The normalized spacial score (nSPS) is 23.2. The van der Waals surface area contributed by atoms with E-state index in [-0.39, 0.29) is 18.1 Å². The number of nitrogens with one attached hydrogen (secondary N) is 2. The van der Waals surface area contributed by atoms with Crippen molar-refractivity contribution in [1.29, 1.82) is 0 Å². The first-order valence-electron chi connectivity index (χ1n) is 9.78. The molecular weight excluding hydrogens is 370 g/mol. The molecule has 2 aromatic rings. The summed E-state index contributed by atoms with van der Waals surface area (Å²) < 4.78 is 0. The van der Waals surface area contributed by atoms with E-state index in [4.69, 9.17) is 10.0 Å². The lowest BCUT2D eigenvalue weighted by Gasteiger charge is -2.19. The molecule has 3 N–H and O–H groups in total. The standard InChI is InChI=1S/C22H23N3O4/c26-21(23-18-8-4-7-17(18)22(27)24-28)16-11-9-15(10-12-16)20-13-19(25-29-20)14-5-2-1-3-6-14/h1-3,5-6,9-12,17-18,20,28H,4,7-8,13H2,(H,23,26)(H,24,27)/t17-,18+,20?/m0/s1. The van der Waals surface area contributed by atoms with Gasteiger partial charge in [0.15, 0.2) is 6.10 Å². The van der Waals surface area contributed by atoms with Crippen molar-refractivity contribution >= 4 is 17.5 Å². The van der Waals surface area contributed by atoms with Crippen molar-refractivity contribution in [3.05, 3.63) is 71.3 Å². The average molecular weight is 393 g/mol. The Morgan fingerprint density at radius 2 is 1.79 bits per heavy atom. The van der Waals surface area contributed by atoms with Crippen molar-refractivity contribution in [2.24, 2.45) is 11.1 Å². The van der Waals surface area contributed by atoms with Gasteiger partial charge in [-0.3, -0.25) is 14.8 Å². The van der Waals surface area contributed by atoms with E-state index in [0.29, 0.717) is 18.4 Å². The zero-order chi connectivity index (χ0) is 20.2. The summed E-state index contributed by atoms with van der Waals surface area (Å²) in [7, 11) is 0. The van der Waals surface area contributed by atoms with Gasteiger partial charge in [-0.2, -0.15) is 0 Å². The molecule has 29 heavy (non-hydrogen) atoms. The highest BCUT2D eigenvalue weighted by Gasteiger charge is 2.34. The number of carbonyl (C=O) groups is 2. The van der Waals surface area contributed by atoms with Crippen LogP contribution in [-0.4, -0.2) is 28.8 Å². The van der Waals surface area contributed by atoms with Crippen molar-refractivity contribution in [2.75, 3.05) is 0 Å². The molecule has 0 aromatic heterocycles. The van der Waals surface area contributed by atoms with Gasteiger partial charge in [-0.15, -0.1) is 0 Å². The number of rotatable bonds is 5. The highest BCUT2D eigenvalue weighted by Crippen LogP contribution is 2.30. The van der Waals surface area contributed by atoms with Gasteiger partial charge in [-0.05, 0) is 36.1 Å². The van der Waals surface area contributed by atoms with Crippen molar-refractivity contribution in [2.45, 2.75) is 37.8 Å². The molecule has 0 bridgehead atoms. The molecule has 2 aromatic carbocycles. The second kappa shape index (κ2) is 8.45. The molecule has 0 saturated heterocycles. The summed E-state index contributed by atoms with van der Waals surface area (Å²) >= 11 is 0. The van der Waals surface area contributed by atoms with Crippen LogP contribution in [0.3, 0.4) is 0 Å². The van der Waals surface area contributed by atoms with Crippen molar-refractivity contribution < 1.29 is 19.6 Å². The number of hydroxylamine groups is 1. The molecule has 7 heteroatoms. The molecule has 2 amide bonds. The summed E-state index contributed by atoms with van der Waals surface area (Å²) in [6.07, 6.45) is 2.71. The fraction of sp³-hybridized carbons (Fsp3) is 0.318. The van der Waals surface area contributed by atoms with E-state index < -0.39 is 11.8 Å². The molecule has 3 atom stereocenters. The van der Waals surface area contributed by atoms with Gasteiger partial charge in [0.05, 0.1) is 11.6 Å². The lowest BCUT2D eigenvalue weighted by molar-refractivity contribution is -0.133. The van der Waals surface area contributed by atoms with Gasteiger partial charge in [0.2, 0.25) is 5.91 Å². The molecule has 1 heterocycles. The van der Waals surface area contributed by atoms with Gasteiger partial charge in [0.1, 0.15) is 0 Å². The average Bonchev–Trinajstić information content (AvgIpc) is 3.44. The summed E-state index contributed by atoms with van der Waals surface area (Å²) in [5, 5.41) is 16.0. The Hall–Kier alpha value is -3.19. The monoisotopic (exact) mass is 393 g/mol. The first-order chi connectivity index (χ1) is 14.2. The van der Waals surface area contributed by atoms with Crippen LogP contribution in [0.1, 0.15) is 53.3 Å². The number of hydrogen-bond acceptors (Lipinski definition) is 5. The topological polar surface area (TPSA) is 100 Å². The molecule has 0 radical (unpaired) electrons. The van der Waals surface area contributed by atoms with Crippen molar-refractivity contribution in [1.82, 2.24) is 10.8 Å². The van der Waals surface area contributed by atoms with E-state index in [2.05, 4.69) is 10.5 Å². The van der Waals surface area contributed by atoms with Crippen molar-refractivity contribution in [3.63, 3.8) is 0 Å². The van der Waals surface area contributed by atoms with Crippen LogP contribution in [0.25, 0.3) is 0 Å². The van der Waals surface area contributed by atoms with Crippen LogP contribution in [0.4, 0.5) is 0 Å². The Bertz CT molecular complexity index is 911. The Balaban J connectivity index is 1.37. The minimum absolute atomic E-state index is 0.172. The number of oxime groups is 1. The minimum atomic E-state index is -0.448. The summed E-state index contributed by atoms with van der Waals surface area (Å²) in [6, 6.07) is 16.9. The SMILES string of the molecule is O=C(N[C@@H]1CCC[C@@H]1C(=O)NO)c1ccc(C2CC(c3ccccc3)=NO2)cc1. The zero-order valence-electron chi connectivity index (χ0n) is 15.9. The summed E-state index contributed by atoms with van der Waals surface area (Å²) in [5.41, 5.74) is 5.12. The molecule has 1 unspecified atom stereocenters. The summed E-state index contributed by atoms with van der Waals surface area (Å²) in [6.45, 7) is 0. The van der Waals surface area contributed by atoms with Gasteiger partial charge in [-0.1, -0.05) is 54.0 Å². The van der Waals surface area contributed by atoms with E-state index in [0.717, 1.165) is 29.7 Å². The van der Waals surface area contributed by atoms with Crippen LogP contribution < -0.4 is 10.8 Å². The van der Waals surface area contributed by atoms with Gasteiger partial charge >= 0.3 is 0 Å².